The Labute approximate surface area is 126 Å². The van der Waals surface area contributed by atoms with Crippen LogP contribution in [-0.4, -0.2) is 57.5 Å². The summed E-state index contributed by atoms with van der Waals surface area (Å²) in [4.78, 5) is 6.10. The third-order valence-electron chi connectivity index (χ3n) is 3.39. The van der Waals surface area contributed by atoms with E-state index < -0.39 is 9.84 Å². The van der Waals surface area contributed by atoms with Crippen LogP contribution in [0.25, 0.3) is 0 Å². The van der Waals surface area contributed by atoms with Gasteiger partial charge in [-0.2, -0.15) is 0 Å². The summed E-state index contributed by atoms with van der Waals surface area (Å²) in [6.45, 7) is 3.28. The maximum atomic E-state index is 12.9. The molecule has 120 valence electrons. The Bertz CT molecular complexity index is 534. The highest BCUT2D eigenvalue weighted by molar-refractivity contribution is 7.90. The van der Waals surface area contributed by atoms with Gasteiger partial charge in [-0.15, -0.1) is 0 Å². The minimum atomic E-state index is -2.95. The normalized spacial score (nSPS) is 15.1. The standard InChI is InChI=1S/C14H24FN3O2S/c1-11(10-18(3)7-8-21(4,19)20)14(16-2)13-6-5-12(15)9-17-13/h5-6,9,11,14,16H,7-8,10H2,1-4H3. The Morgan fingerprint density at radius 3 is 2.57 bits per heavy atom. The Morgan fingerprint density at radius 2 is 2.10 bits per heavy atom. The summed E-state index contributed by atoms with van der Waals surface area (Å²) in [5.41, 5.74) is 0.780. The molecule has 1 heterocycles. The predicted octanol–water partition coefficient (Wildman–Crippen LogP) is 1.09. The number of nitrogens with zero attached hydrogens (tertiary/aromatic N) is 2. The summed E-state index contributed by atoms with van der Waals surface area (Å²) in [5, 5.41) is 3.19. The zero-order valence-electron chi connectivity index (χ0n) is 13.0. The molecule has 0 bridgehead atoms. The molecule has 0 aliphatic carbocycles. The van der Waals surface area contributed by atoms with Gasteiger partial charge in [0.25, 0.3) is 0 Å². The van der Waals surface area contributed by atoms with E-state index in [2.05, 4.69) is 17.2 Å². The van der Waals surface area contributed by atoms with Crippen LogP contribution in [-0.2, 0) is 9.84 Å². The Hall–Kier alpha value is -1.05. The van der Waals surface area contributed by atoms with Crippen molar-refractivity contribution < 1.29 is 12.8 Å². The lowest BCUT2D eigenvalue weighted by molar-refractivity contribution is 0.259. The van der Waals surface area contributed by atoms with Crippen LogP contribution in [0.5, 0.6) is 0 Å². The molecule has 0 amide bonds. The molecule has 7 heteroatoms. The number of hydrogen-bond acceptors (Lipinski definition) is 5. The Morgan fingerprint density at radius 1 is 1.43 bits per heavy atom. The summed E-state index contributed by atoms with van der Waals surface area (Å²) in [6, 6.07) is 3.06. The maximum Gasteiger partial charge on any atom is 0.148 e. The van der Waals surface area contributed by atoms with E-state index in [-0.39, 0.29) is 23.5 Å². The second-order valence-electron chi connectivity index (χ2n) is 5.54. The summed E-state index contributed by atoms with van der Waals surface area (Å²) < 4.78 is 35.3. The second kappa shape index (κ2) is 7.82. The molecule has 0 saturated heterocycles. The molecule has 5 nitrogen and oxygen atoms in total. The van der Waals surface area contributed by atoms with Crippen molar-refractivity contribution in [3.05, 3.63) is 29.8 Å². The van der Waals surface area contributed by atoms with Gasteiger partial charge in [0.05, 0.1) is 23.7 Å². The van der Waals surface area contributed by atoms with Crippen LogP contribution in [0, 0.1) is 11.7 Å². The van der Waals surface area contributed by atoms with Crippen LogP contribution in [0.2, 0.25) is 0 Å². The number of rotatable bonds is 8. The molecular formula is C14H24FN3O2S. The van der Waals surface area contributed by atoms with Gasteiger partial charge >= 0.3 is 0 Å². The van der Waals surface area contributed by atoms with E-state index in [0.29, 0.717) is 6.54 Å². The minimum absolute atomic E-state index is 0.00807. The monoisotopic (exact) mass is 317 g/mol. The molecule has 21 heavy (non-hydrogen) atoms. The van der Waals surface area contributed by atoms with E-state index in [1.165, 1.54) is 18.5 Å². The Balaban J connectivity index is 2.62. The van der Waals surface area contributed by atoms with Crippen LogP contribution in [0.15, 0.2) is 18.3 Å². The fraction of sp³-hybridized carbons (Fsp3) is 0.643. The van der Waals surface area contributed by atoms with Crippen LogP contribution in [0.4, 0.5) is 4.39 Å². The molecule has 1 rings (SSSR count). The van der Waals surface area contributed by atoms with Crippen molar-refractivity contribution >= 4 is 9.84 Å². The lowest BCUT2D eigenvalue weighted by Crippen LogP contribution is -2.35. The van der Waals surface area contributed by atoms with Crippen molar-refractivity contribution in [1.29, 1.82) is 0 Å². The number of halogens is 1. The zero-order chi connectivity index (χ0) is 16.0. The van der Waals surface area contributed by atoms with Gasteiger partial charge < -0.3 is 10.2 Å². The van der Waals surface area contributed by atoms with Gasteiger partial charge in [-0.05, 0) is 32.1 Å². The van der Waals surface area contributed by atoms with Crippen molar-refractivity contribution in [3.63, 3.8) is 0 Å². The molecule has 0 fully saturated rings. The highest BCUT2D eigenvalue weighted by atomic mass is 32.2. The van der Waals surface area contributed by atoms with Gasteiger partial charge in [0.15, 0.2) is 0 Å². The Kier molecular flexibility index (Phi) is 6.70. The molecule has 0 radical (unpaired) electrons. The smallest absolute Gasteiger partial charge is 0.148 e. The van der Waals surface area contributed by atoms with Gasteiger partial charge in [0.1, 0.15) is 15.7 Å². The van der Waals surface area contributed by atoms with Gasteiger partial charge in [-0.1, -0.05) is 6.92 Å². The van der Waals surface area contributed by atoms with Gasteiger partial charge in [-0.3, -0.25) is 4.98 Å². The first-order valence-corrected chi connectivity index (χ1v) is 8.94. The molecule has 0 aromatic carbocycles. The van der Waals surface area contributed by atoms with Crippen LogP contribution < -0.4 is 5.32 Å². The first kappa shape index (κ1) is 18.0. The van der Waals surface area contributed by atoms with E-state index in [4.69, 9.17) is 0 Å². The minimum Gasteiger partial charge on any atom is -0.311 e. The number of hydrogen-bond donors (Lipinski definition) is 1. The molecule has 0 aliphatic rings. The maximum absolute atomic E-state index is 12.9. The molecule has 0 aliphatic heterocycles. The molecular weight excluding hydrogens is 293 g/mol. The summed E-state index contributed by atoms with van der Waals surface area (Å²) in [5.74, 6) is -0.000976. The third kappa shape index (κ3) is 6.50. The van der Waals surface area contributed by atoms with Crippen LogP contribution >= 0.6 is 0 Å². The fourth-order valence-electron chi connectivity index (χ4n) is 2.31. The number of aromatic nitrogens is 1. The second-order valence-corrected chi connectivity index (χ2v) is 7.80. The lowest BCUT2D eigenvalue weighted by atomic mass is 9.98. The summed E-state index contributed by atoms with van der Waals surface area (Å²) in [7, 11) is 0.782. The number of sulfone groups is 1. The lowest BCUT2D eigenvalue weighted by Gasteiger charge is -2.27. The van der Waals surface area contributed by atoms with Crippen molar-refractivity contribution in [2.45, 2.75) is 13.0 Å². The number of nitrogens with one attached hydrogen (secondary N) is 1. The SMILES string of the molecule is CNC(c1ccc(F)cn1)C(C)CN(C)CCS(C)(=O)=O. The van der Waals surface area contributed by atoms with E-state index in [1.54, 1.807) is 6.07 Å². The van der Waals surface area contributed by atoms with E-state index in [1.807, 2.05) is 19.0 Å². The molecule has 0 saturated carbocycles. The van der Waals surface area contributed by atoms with E-state index in [0.717, 1.165) is 12.2 Å². The summed E-state index contributed by atoms with van der Waals surface area (Å²) in [6.07, 6.45) is 2.45. The van der Waals surface area contributed by atoms with E-state index >= 15 is 0 Å². The molecule has 1 aromatic heterocycles. The first-order chi connectivity index (χ1) is 9.73. The van der Waals surface area contributed by atoms with E-state index in [9.17, 15) is 12.8 Å². The summed E-state index contributed by atoms with van der Waals surface area (Å²) >= 11 is 0. The van der Waals surface area contributed by atoms with Crippen LogP contribution in [0.1, 0.15) is 18.7 Å². The topological polar surface area (TPSA) is 62.3 Å². The highest BCUT2D eigenvalue weighted by Gasteiger charge is 2.20. The molecule has 2 unspecified atom stereocenters. The first-order valence-electron chi connectivity index (χ1n) is 6.88. The average molecular weight is 317 g/mol. The largest absolute Gasteiger partial charge is 0.311 e. The fourth-order valence-corrected chi connectivity index (χ4v) is 2.95. The average Bonchev–Trinajstić information content (AvgIpc) is 2.39. The third-order valence-corrected chi connectivity index (χ3v) is 4.32. The van der Waals surface area contributed by atoms with Gasteiger partial charge in [0.2, 0.25) is 0 Å². The molecule has 0 spiro atoms. The number of pyridine rings is 1. The van der Waals surface area contributed by atoms with Crippen molar-refractivity contribution in [2.75, 3.05) is 39.2 Å². The van der Waals surface area contributed by atoms with Crippen molar-refractivity contribution in [2.24, 2.45) is 5.92 Å². The van der Waals surface area contributed by atoms with Gasteiger partial charge in [-0.25, -0.2) is 12.8 Å². The van der Waals surface area contributed by atoms with Crippen LogP contribution in [0.3, 0.4) is 0 Å². The van der Waals surface area contributed by atoms with Crippen molar-refractivity contribution in [3.8, 4) is 0 Å². The molecule has 2 atom stereocenters. The highest BCUT2D eigenvalue weighted by Crippen LogP contribution is 2.20. The van der Waals surface area contributed by atoms with Crippen molar-refractivity contribution in [1.82, 2.24) is 15.2 Å². The molecule has 1 aromatic rings. The van der Waals surface area contributed by atoms with Gasteiger partial charge in [0, 0.05) is 19.3 Å². The molecule has 1 N–H and O–H groups in total. The predicted molar refractivity (Wildman–Crippen MR) is 82.4 cm³/mol. The zero-order valence-corrected chi connectivity index (χ0v) is 13.8. The quantitative estimate of drug-likeness (QED) is 0.778.